The highest BCUT2D eigenvalue weighted by Gasteiger charge is 2.53. The molecule has 0 N–H and O–H groups in total. The quantitative estimate of drug-likeness (QED) is 0.732. The molecule has 1 saturated heterocycles. The van der Waals surface area contributed by atoms with Crippen LogP contribution in [0.5, 0.6) is 0 Å². The van der Waals surface area contributed by atoms with E-state index in [2.05, 4.69) is 15.9 Å². The number of hydrogen-bond acceptors (Lipinski definition) is 3. The van der Waals surface area contributed by atoms with Gasteiger partial charge in [-0.1, -0.05) is 15.9 Å². The fourth-order valence-electron chi connectivity index (χ4n) is 3.05. The third-order valence-corrected chi connectivity index (χ3v) is 5.35. The first-order valence-corrected chi connectivity index (χ1v) is 7.11. The Balaban J connectivity index is 1.57. The summed E-state index contributed by atoms with van der Waals surface area (Å²) in [5.74, 6) is 1.20. The van der Waals surface area contributed by atoms with E-state index < -0.39 is 0 Å². The Labute approximate surface area is 104 Å². The zero-order valence-electron chi connectivity index (χ0n) is 9.23. The molecular formula is C12H17BrO3. The average Bonchev–Trinajstić information content (AvgIpc) is 2.54. The van der Waals surface area contributed by atoms with Crippen molar-refractivity contribution in [3.8, 4) is 0 Å². The van der Waals surface area contributed by atoms with Crippen molar-refractivity contribution < 1.29 is 14.3 Å². The second kappa shape index (κ2) is 4.39. The summed E-state index contributed by atoms with van der Waals surface area (Å²) in [6.45, 7) is 0.816. The number of ether oxygens (including phenoxy) is 2. The van der Waals surface area contributed by atoms with Crippen molar-refractivity contribution in [1.82, 2.24) is 0 Å². The van der Waals surface area contributed by atoms with E-state index in [1.54, 1.807) is 0 Å². The van der Waals surface area contributed by atoms with Crippen LogP contribution in [0, 0.1) is 11.8 Å². The minimum atomic E-state index is -0.0357. The summed E-state index contributed by atoms with van der Waals surface area (Å²) in [7, 11) is 0. The largest absolute Gasteiger partial charge is 0.353 e. The Morgan fingerprint density at radius 1 is 1.38 bits per heavy atom. The van der Waals surface area contributed by atoms with Gasteiger partial charge in [0.2, 0.25) is 0 Å². The zero-order valence-corrected chi connectivity index (χ0v) is 10.8. The first kappa shape index (κ1) is 11.2. The molecular weight excluding hydrogens is 272 g/mol. The number of hydrogen-bond donors (Lipinski definition) is 0. The smallest absolute Gasteiger partial charge is 0.158 e. The molecule has 3 fully saturated rings. The molecule has 2 saturated carbocycles. The number of fused-ring (bicyclic) bond motifs is 1. The van der Waals surface area contributed by atoms with Crippen LogP contribution in [0.4, 0.5) is 0 Å². The predicted molar refractivity (Wildman–Crippen MR) is 62.4 cm³/mol. The van der Waals surface area contributed by atoms with Crippen LogP contribution in [0.3, 0.4) is 0 Å². The lowest BCUT2D eigenvalue weighted by Gasteiger charge is -2.30. The fraction of sp³-hybridized carbons (Fsp3) is 0.917. The number of halogens is 1. The van der Waals surface area contributed by atoms with Crippen molar-refractivity contribution in [1.29, 1.82) is 0 Å². The van der Waals surface area contributed by atoms with Crippen LogP contribution < -0.4 is 0 Å². The second-order valence-electron chi connectivity index (χ2n) is 5.09. The van der Waals surface area contributed by atoms with Gasteiger partial charge in [0.05, 0.1) is 6.10 Å². The molecule has 16 heavy (non-hydrogen) atoms. The van der Waals surface area contributed by atoms with Gasteiger partial charge < -0.3 is 9.47 Å². The highest BCUT2D eigenvalue weighted by molar-refractivity contribution is 9.09. The van der Waals surface area contributed by atoms with Crippen molar-refractivity contribution >= 4 is 21.7 Å². The van der Waals surface area contributed by atoms with Crippen LogP contribution in [0.2, 0.25) is 0 Å². The molecule has 1 heterocycles. The van der Waals surface area contributed by atoms with Crippen molar-refractivity contribution in [3.63, 3.8) is 0 Å². The number of ketones is 1. The van der Waals surface area contributed by atoms with Crippen molar-refractivity contribution in [2.24, 2.45) is 11.8 Å². The summed E-state index contributed by atoms with van der Waals surface area (Å²) < 4.78 is 11.6. The van der Waals surface area contributed by atoms with Gasteiger partial charge in [0, 0.05) is 23.8 Å². The monoisotopic (exact) mass is 288 g/mol. The number of carbonyl (C=O) groups excluding carboxylic acids is 1. The first-order valence-electron chi connectivity index (χ1n) is 6.19. The maximum Gasteiger partial charge on any atom is 0.158 e. The number of alkyl halides is 1. The van der Waals surface area contributed by atoms with Crippen LogP contribution in [-0.4, -0.2) is 29.6 Å². The van der Waals surface area contributed by atoms with Crippen molar-refractivity contribution in [3.05, 3.63) is 0 Å². The summed E-state index contributed by atoms with van der Waals surface area (Å²) in [4.78, 5) is 11.7. The minimum absolute atomic E-state index is 0.0357. The van der Waals surface area contributed by atoms with Crippen molar-refractivity contribution in [2.75, 3.05) is 6.61 Å². The molecule has 90 valence electrons. The highest BCUT2D eigenvalue weighted by Crippen LogP contribution is 2.49. The van der Waals surface area contributed by atoms with E-state index in [0.717, 1.165) is 32.3 Å². The van der Waals surface area contributed by atoms with E-state index in [-0.39, 0.29) is 18.3 Å². The molecule has 3 rings (SSSR count). The van der Waals surface area contributed by atoms with Crippen molar-refractivity contribution in [2.45, 2.75) is 49.3 Å². The van der Waals surface area contributed by atoms with Gasteiger partial charge in [-0.05, 0) is 31.6 Å². The van der Waals surface area contributed by atoms with Crippen LogP contribution in [0.25, 0.3) is 0 Å². The molecule has 0 spiro atoms. The molecule has 1 aliphatic heterocycles. The Morgan fingerprint density at radius 2 is 2.25 bits per heavy atom. The molecule has 5 atom stereocenters. The summed E-state index contributed by atoms with van der Waals surface area (Å²) in [5, 5.41) is 0. The van der Waals surface area contributed by atoms with Gasteiger partial charge in [0.1, 0.15) is 5.78 Å². The Hall–Kier alpha value is 0.0700. The molecule has 4 heteroatoms. The summed E-state index contributed by atoms with van der Waals surface area (Å²) in [6.07, 6.45) is 5.10. The van der Waals surface area contributed by atoms with E-state index in [1.165, 1.54) is 6.42 Å². The van der Waals surface area contributed by atoms with Crippen LogP contribution in [0.1, 0.15) is 32.1 Å². The molecule has 0 aromatic carbocycles. The second-order valence-corrected chi connectivity index (χ2v) is 6.15. The zero-order chi connectivity index (χ0) is 11.1. The molecule has 2 aliphatic carbocycles. The minimum Gasteiger partial charge on any atom is -0.353 e. The molecule has 0 aromatic rings. The van der Waals surface area contributed by atoms with Gasteiger partial charge in [-0.25, -0.2) is 0 Å². The average molecular weight is 289 g/mol. The normalized spacial score (nSPS) is 47.6. The molecule has 0 radical (unpaired) electrons. The molecule has 0 amide bonds. The SMILES string of the molecule is O=C1CC2C1CC(OC1CCCCO1)C2Br. The third kappa shape index (κ3) is 1.85. The highest BCUT2D eigenvalue weighted by atomic mass is 79.9. The van der Waals surface area contributed by atoms with Gasteiger partial charge >= 0.3 is 0 Å². The van der Waals surface area contributed by atoms with E-state index >= 15 is 0 Å². The number of Topliss-reactive ketones (excluding diaryl/α,β-unsaturated/α-hetero) is 1. The number of carbonyl (C=O) groups is 1. The van der Waals surface area contributed by atoms with E-state index in [9.17, 15) is 4.79 Å². The standard InChI is InChI=1S/C12H17BrO3/c13-12-8-5-9(14)7(8)6-10(12)16-11-3-1-2-4-15-11/h7-8,10-12H,1-6H2. The van der Waals surface area contributed by atoms with Crippen LogP contribution in [-0.2, 0) is 14.3 Å². The Bertz CT molecular complexity index is 288. The summed E-state index contributed by atoms with van der Waals surface area (Å²) in [5.41, 5.74) is 0. The molecule has 0 aromatic heterocycles. The van der Waals surface area contributed by atoms with Gasteiger partial charge in [0.25, 0.3) is 0 Å². The van der Waals surface area contributed by atoms with E-state index in [4.69, 9.17) is 9.47 Å². The fourth-order valence-corrected chi connectivity index (χ4v) is 3.94. The molecule has 3 aliphatic rings. The lowest BCUT2D eigenvalue weighted by Crippen LogP contribution is -2.37. The van der Waals surface area contributed by atoms with E-state index in [0.29, 0.717) is 16.5 Å². The lowest BCUT2D eigenvalue weighted by molar-refractivity contribution is -0.185. The van der Waals surface area contributed by atoms with E-state index in [1.807, 2.05) is 0 Å². The third-order valence-electron chi connectivity index (χ3n) is 4.08. The van der Waals surface area contributed by atoms with Crippen LogP contribution in [0.15, 0.2) is 0 Å². The molecule has 3 nitrogen and oxygen atoms in total. The predicted octanol–water partition coefficient (Wildman–Crippen LogP) is 2.27. The lowest BCUT2D eigenvalue weighted by atomic mass is 9.75. The Morgan fingerprint density at radius 3 is 2.88 bits per heavy atom. The summed E-state index contributed by atoms with van der Waals surface area (Å²) >= 11 is 3.68. The molecule has 0 bridgehead atoms. The first-order chi connectivity index (χ1) is 7.75. The maximum atomic E-state index is 11.4. The molecule has 5 unspecified atom stereocenters. The Kier molecular flexibility index (Phi) is 3.07. The van der Waals surface area contributed by atoms with Crippen LogP contribution >= 0.6 is 15.9 Å². The van der Waals surface area contributed by atoms with Gasteiger partial charge in [0.15, 0.2) is 6.29 Å². The summed E-state index contributed by atoms with van der Waals surface area (Å²) in [6, 6.07) is 0. The number of rotatable bonds is 2. The maximum absolute atomic E-state index is 11.4. The topological polar surface area (TPSA) is 35.5 Å². The van der Waals surface area contributed by atoms with Gasteiger partial charge in [-0.2, -0.15) is 0 Å². The van der Waals surface area contributed by atoms with Gasteiger partial charge in [-0.15, -0.1) is 0 Å². The van der Waals surface area contributed by atoms with Gasteiger partial charge in [-0.3, -0.25) is 4.79 Å².